The quantitative estimate of drug-likeness (QED) is 0.855. The molecule has 0 radical (unpaired) electrons. The lowest BCUT2D eigenvalue weighted by molar-refractivity contribution is -0.117. The number of thiophene rings is 1. The molecule has 0 aromatic carbocycles. The maximum Gasteiger partial charge on any atom is 0.289 e. The Labute approximate surface area is 125 Å². The molecule has 2 saturated heterocycles. The van der Waals surface area contributed by atoms with Crippen molar-refractivity contribution in [3.05, 3.63) is 41.0 Å². The van der Waals surface area contributed by atoms with Crippen molar-refractivity contribution in [2.45, 2.75) is 24.9 Å². The van der Waals surface area contributed by atoms with Gasteiger partial charge in [0.25, 0.3) is 5.91 Å². The number of rotatable bonds is 2. The normalized spacial score (nSPS) is 24.7. The van der Waals surface area contributed by atoms with Gasteiger partial charge in [-0.1, -0.05) is 0 Å². The molecule has 2 aliphatic rings. The highest BCUT2D eigenvalue weighted by Gasteiger charge is 2.49. The van der Waals surface area contributed by atoms with E-state index in [9.17, 15) is 9.59 Å². The van der Waals surface area contributed by atoms with Crippen LogP contribution >= 0.6 is 11.3 Å². The lowest BCUT2D eigenvalue weighted by Gasteiger charge is -2.24. The largest absolute Gasteiger partial charge is 0.459 e. The highest BCUT2D eigenvalue weighted by molar-refractivity contribution is 7.08. The summed E-state index contributed by atoms with van der Waals surface area (Å²) < 4.78 is 5.19. The molecular formula is C15H14N2O3S. The lowest BCUT2D eigenvalue weighted by atomic mass is 10.1. The fourth-order valence-corrected chi connectivity index (χ4v) is 4.00. The number of nitrogens with zero attached hydrogens (tertiary/aromatic N) is 2. The van der Waals surface area contributed by atoms with E-state index < -0.39 is 0 Å². The van der Waals surface area contributed by atoms with Gasteiger partial charge in [0.2, 0.25) is 5.91 Å². The molecule has 2 aliphatic heterocycles. The van der Waals surface area contributed by atoms with E-state index in [4.69, 9.17) is 4.42 Å². The van der Waals surface area contributed by atoms with Gasteiger partial charge >= 0.3 is 0 Å². The molecular weight excluding hydrogens is 288 g/mol. The van der Waals surface area contributed by atoms with Crippen molar-refractivity contribution in [2.75, 3.05) is 11.4 Å². The van der Waals surface area contributed by atoms with Gasteiger partial charge in [-0.05, 0) is 30.0 Å². The number of amides is 2. The van der Waals surface area contributed by atoms with Crippen molar-refractivity contribution in [3.63, 3.8) is 0 Å². The van der Waals surface area contributed by atoms with Crippen molar-refractivity contribution < 1.29 is 14.0 Å². The molecule has 0 saturated carbocycles. The van der Waals surface area contributed by atoms with Crippen molar-refractivity contribution in [2.24, 2.45) is 0 Å². The minimum atomic E-state index is -0.118. The molecule has 4 heterocycles. The monoisotopic (exact) mass is 302 g/mol. The lowest BCUT2D eigenvalue weighted by Crippen LogP contribution is -2.39. The van der Waals surface area contributed by atoms with Crippen molar-refractivity contribution in [1.82, 2.24) is 4.90 Å². The minimum absolute atomic E-state index is 0.0463. The van der Waals surface area contributed by atoms with Crippen LogP contribution in [0.4, 0.5) is 5.69 Å². The minimum Gasteiger partial charge on any atom is -0.459 e. The van der Waals surface area contributed by atoms with Crippen molar-refractivity contribution >= 4 is 28.8 Å². The van der Waals surface area contributed by atoms with Gasteiger partial charge in [-0.3, -0.25) is 9.59 Å². The van der Waals surface area contributed by atoms with E-state index in [0.717, 1.165) is 12.1 Å². The van der Waals surface area contributed by atoms with Crippen LogP contribution < -0.4 is 4.90 Å². The van der Waals surface area contributed by atoms with E-state index in [0.29, 0.717) is 18.7 Å². The molecule has 0 spiro atoms. The summed E-state index contributed by atoms with van der Waals surface area (Å²) in [4.78, 5) is 28.4. The Balaban J connectivity index is 1.61. The fraction of sp³-hybridized carbons (Fsp3) is 0.333. The van der Waals surface area contributed by atoms with Gasteiger partial charge < -0.3 is 14.2 Å². The summed E-state index contributed by atoms with van der Waals surface area (Å²) in [6, 6.07) is 5.38. The Hall–Kier alpha value is -2.08. The molecule has 2 aromatic heterocycles. The molecule has 5 nitrogen and oxygen atoms in total. The third-order valence-electron chi connectivity index (χ3n) is 4.27. The van der Waals surface area contributed by atoms with E-state index in [2.05, 4.69) is 0 Å². The van der Waals surface area contributed by atoms with Crippen LogP contribution in [0.15, 0.2) is 39.6 Å². The summed E-state index contributed by atoms with van der Waals surface area (Å²) in [6.45, 7) is 0.669. The predicted octanol–water partition coefficient (Wildman–Crippen LogP) is 2.36. The van der Waals surface area contributed by atoms with Crippen molar-refractivity contribution in [1.29, 1.82) is 0 Å². The van der Waals surface area contributed by atoms with Gasteiger partial charge in [0, 0.05) is 18.3 Å². The first-order valence-corrected chi connectivity index (χ1v) is 7.89. The Morgan fingerprint density at radius 1 is 1.33 bits per heavy atom. The van der Waals surface area contributed by atoms with Crippen LogP contribution in [-0.4, -0.2) is 35.3 Å². The first-order chi connectivity index (χ1) is 10.3. The number of anilines is 1. The zero-order valence-corrected chi connectivity index (χ0v) is 12.1. The topological polar surface area (TPSA) is 53.8 Å². The van der Waals surface area contributed by atoms with E-state index in [1.165, 1.54) is 6.26 Å². The molecule has 2 atom stereocenters. The average Bonchev–Trinajstić information content (AvgIpc) is 3.23. The highest BCUT2D eigenvalue weighted by Crippen LogP contribution is 2.37. The molecule has 2 aromatic rings. The summed E-state index contributed by atoms with van der Waals surface area (Å²) in [5.74, 6) is 0.324. The molecule has 2 fully saturated rings. The average molecular weight is 302 g/mol. The second-order valence-corrected chi connectivity index (χ2v) is 6.13. The van der Waals surface area contributed by atoms with Gasteiger partial charge in [-0.2, -0.15) is 11.3 Å². The van der Waals surface area contributed by atoms with Crippen LogP contribution in [0.1, 0.15) is 23.4 Å². The van der Waals surface area contributed by atoms with Gasteiger partial charge in [0.05, 0.1) is 24.0 Å². The van der Waals surface area contributed by atoms with Gasteiger partial charge in [0.1, 0.15) is 0 Å². The number of furan rings is 1. The van der Waals surface area contributed by atoms with Crippen molar-refractivity contribution in [3.8, 4) is 0 Å². The SMILES string of the molecule is O=C(c1ccco1)N1CC[C@H]2[C@@H]1CC(=O)N2c1ccsc1. The second-order valence-electron chi connectivity index (χ2n) is 5.35. The number of fused-ring (bicyclic) bond motifs is 1. The first kappa shape index (κ1) is 12.6. The standard InChI is InChI=1S/C15H14N2O3S/c18-14-8-12-11(17(14)10-4-7-21-9-10)3-5-16(12)15(19)13-2-1-6-20-13/h1-2,4,6-7,9,11-12H,3,5,8H2/t11-,12-/m0/s1. The van der Waals surface area contributed by atoms with Crippen LogP contribution in [0, 0.1) is 0 Å². The molecule has 6 heteroatoms. The van der Waals surface area contributed by atoms with Gasteiger partial charge in [-0.25, -0.2) is 0 Å². The molecule has 0 unspecified atom stereocenters. The Bertz CT molecular complexity index is 665. The van der Waals surface area contributed by atoms with E-state index in [1.54, 1.807) is 28.4 Å². The number of carbonyl (C=O) groups excluding carboxylic acids is 2. The Morgan fingerprint density at radius 3 is 2.95 bits per heavy atom. The summed E-state index contributed by atoms with van der Waals surface area (Å²) in [7, 11) is 0. The number of carbonyl (C=O) groups is 2. The molecule has 4 rings (SSSR count). The van der Waals surface area contributed by atoms with Crippen LogP contribution in [0.2, 0.25) is 0 Å². The van der Waals surface area contributed by atoms with Crippen LogP contribution in [0.3, 0.4) is 0 Å². The zero-order chi connectivity index (χ0) is 14.4. The number of hydrogen-bond donors (Lipinski definition) is 0. The van der Waals surface area contributed by atoms with Gasteiger partial charge in [-0.15, -0.1) is 0 Å². The molecule has 2 amide bonds. The molecule has 0 aliphatic carbocycles. The van der Waals surface area contributed by atoms with E-state index >= 15 is 0 Å². The van der Waals surface area contributed by atoms with Crippen LogP contribution in [0.5, 0.6) is 0 Å². The number of hydrogen-bond acceptors (Lipinski definition) is 4. The summed E-state index contributed by atoms with van der Waals surface area (Å²) in [5, 5.41) is 3.95. The third-order valence-corrected chi connectivity index (χ3v) is 4.94. The van der Waals surface area contributed by atoms with Crippen LogP contribution in [0.25, 0.3) is 0 Å². The molecule has 0 bridgehead atoms. The highest BCUT2D eigenvalue weighted by atomic mass is 32.1. The Morgan fingerprint density at radius 2 is 2.24 bits per heavy atom. The maximum absolute atomic E-state index is 12.5. The summed E-state index contributed by atoms with van der Waals surface area (Å²) in [6.07, 6.45) is 2.71. The fourth-order valence-electron chi connectivity index (χ4n) is 3.37. The molecule has 108 valence electrons. The second kappa shape index (κ2) is 4.73. The molecule has 21 heavy (non-hydrogen) atoms. The van der Waals surface area contributed by atoms with Gasteiger partial charge in [0.15, 0.2) is 5.76 Å². The number of likely N-dealkylation sites (tertiary alicyclic amines) is 1. The van der Waals surface area contributed by atoms with Crippen LogP contribution in [-0.2, 0) is 4.79 Å². The summed E-state index contributed by atoms with van der Waals surface area (Å²) >= 11 is 1.58. The smallest absolute Gasteiger partial charge is 0.289 e. The third kappa shape index (κ3) is 1.90. The predicted molar refractivity (Wildman–Crippen MR) is 78.4 cm³/mol. The molecule has 0 N–H and O–H groups in total. The maximum atomic E-state index is 12.5. The first-order valence-electron chi connectivity index (χ1n) is 6.94. The van der Waals surface area contributed by atoms with E-state index in [-0.39, 0.29) is 23.9 Å². The zero-order valence-electron chi connectivity index (χ0n) is 11.3. The van der Waals surface area contributed by atoms with E-state index in [1.807, 2.05) is 21.7 Å². The Kier molecular flexibility index (Phi) is 2.85. The summed E-state index contributed by atoms with van der Waals surface area (Å²) in [5.41, 5.74) is 0.949.